The Balaban J connectivity index is 4.42. The molecule has 0 amide bonds. The zero-order valence-corrected chi connectivity index (χ0v) is 48.8. The minimum Gasteiger partial charge on any atom is -0.462 e. The van der Waals surface area contributed by atoms with Crippen molar-refractivity contribution in [1.82, 2.24) is 0 Å². The molecule has 6 nitrogen and oxygen atoms in total. The predicted octanol–water partition coefficient (Wildman–Crippen LogP) is 21.5. The summed E-state index contributed by atoms with van der Waals surface area (Å²) in [5, 5.41) is 0. The fourth-order valence-electron chi connectivity index (χ4n) is 8.91. The normalized spacial score (nSPS) is 12.6. The Hall–Kier alpha value is -3.41. The summed E-state index contributed by atoms with van der Waals surface area (Å²) >= 11 is 0. The highest BCUT2D eigenvalue weighted by atomic mass is 16.6. The minimum absolute atomic E-state index is 0.0842. The Morgan fingerprint density at radius 2 is 0.527 bits per heavy atom. The van der Waals surface area contributed by atoms with Crippen molar-refractivity contribution in [2.45, 2.75) is 316 Å². The quantitative estimate of drug-likeness (QED) is 0.0261. The average Bonchev–Trinajstić information content (AvgIpc) is 3.40. The number of carbonyl (C=O) groups is 3. The molecule has 0 N–H and O–H groups in total. The summed E-state index contributed by atoms with van der Waals surface area (Å²) in [7, 11) is 0. The van der Waals surface area contributed by atoms with E-state index >= 15 is 0 Å². The number of rotatable bonds is 57. The SMILES string of the molecule is CC/C=C\C/C=C\C/C=C\C/C=C\CCCCCCCCC(=O)OCC(COC(=O)CCCCCCCCCCCCCCCCCCCC)OC(=O)CCCCCCCC/C=C\C/C=C\C/C=C\CCCCC. The number of hydrogen-bond donors (Lipinski definition) is 0. The van der Waals surface area contributed by atoms with E-state index in [9.17, 15) is 14.4 Å². The van der Waals surface area contributed by atoms with Crippen LogP contribution in [0.15, 0.2) is 85.1 Å². The van der Waals surface area contributed by atoms with Crippen LogP contribution in [-0.2, 0) is 28.6 Å². The van der Waals surface area contributed by atoms with Crippen molar-refractivity contribution in [2.75, 3.05) is 13.2 Å². The second-order valence-electron chi connectivity index (χ2n) is 20.9. The minimum atomic E-state index is -0.790. The van der Waals surface area contributed by atoms with Crippen molar-refractivity contribution in [1.29, 1.82) is 0 Å². The van der Waals surface area contributed by atoms with Crippen LogP contribution in [0.4, 0.5) is 0 Å². The van der Waals surface area contributed by atoms with Crippen LogP contribution in [0.25, 0.3) is 0 Å². The van der Waals surface area contributed by atoms with Crippen LogP contribution in [-0.4, -0.2) is 37.2 Å². The fraction of sp³-hybridized carbons (Fsp3) is 0.750. The molecule has 426 valence electrons. The summed E-state index contributed by atoms with van der Waals surface area (Å²) in [6.07, 6.45) is 81.5. The number of ether oxygens (including phenoxy) is 3. The van der Waals surface area contributed by atoms with Crippen molar-refractivity contribution in [2.24, 2.45) is 0 Å². The third-order valence-electron chi connectivity index (χ3n) is 13.6. The Morgan fingerprint density at radius 1 is 0.284 bits per heavy atom. The first-order chi connectivity index (χ1) is 36.5. The van der Waals surface area contributed by atoms with Crippen molar-refractivity contribution in [3.05, 3.63) is 85.1 Å². The number of unbranched alkanes of at least 4 members (excludes halogenated alkanes) is 32. The molecule has 74 heavy (non-hydrogen) atoms. The maximum absolute atomic E-state index is 12.9. The largest absolute Gasteiger partial charge is 0.462 e. The van der Waals surface area contributed by atoms with E-state index < -0.39 is 6.10 Å². The molecule has 0 spiro atoms. The van der Waals surface area contributed by atoms with Gasteiger partial charge in [0.05, 0.1) is 0 Å². The third kappa shape index (κ3) is 59.5. The Kier molecular flexibility index (Phi) is 59.3. The summed E-state index contributed by atoms with van der Waals surface area (Å²) in [5.41, 5.74) is 0. The summed E-state index contributed by atoms with van der Waals surface area (Å²) in [6, 6.07) is 0. The maximum atomic E-state index is 12.9. The van der Waals surface area contributed by atoms with Crippen LogP contribution in [0, 0.1) is 0 Å². The van der Waals surface area contributed by atoms with E-state index in [2.05, 4.69) is 106 Å². The maximum Gasteiger partial charge on any atom is 0.306 e. The molecular formula is C68H118O6. The summed E-state index contributed by atoms with van der Waals surface area (Å²) in [5.74, 6) is -0.898. The molecule has 0 aliphatic rings. The Bertz CT molecular complexity index is 1420. The first-order valence-corrected chi connectivity index (χ1v) is 31.6. The van der Waals surface area contributed by atoms with Crippen LogP contribution < -0.4 is 0 Å². The highest BCUT2D eigenvalue weighted by molar-refractivity contribution is 5.71. The van der Waals surface area contributed by atoms with Gasteiger partial charge in [0.15, 0.2) is 6.10 Å². The molecule has 0 bridgehead atoms. The Labute approximate surface area is 458 Å². The van der Waals surface area contributed by atoms with E-state index in [-0.39, 0.29) is 31.1 Å². The molecule has 6 heteroatoms. The van der Waals surface area contributed by atoms with Gasteiger partial charge in [-0.2, -0.15) is 0 Å². The number of hydrogen-bond acceptors (Lipinski definition) is 6. The zero-order valence-electron chi connectivity index (χ0n) is 48.8. The molecule has 0 radical (unpaired) electrons. The first-order valence-electron chi connectivity index (χ1n) is 31.6. The van der Waals surface area contributed by atoms with E-state index in [0.717, 1.165) is 116 Å². The average molecular weight is 1030 g/mol. The smallest absolute Gasteiger partial charge is 0.306 e. The molecule has 0 saturated carbocycles. The lowest BCUT2D eigenvalue weighted by Crippen LogP contribution is -2.30. The molecule has 0 rings (SSSR count). The summed E-state index contributed by atoms with van der Waals surface area (Å²) in [4.78, 5) is 38.3. The van der Waals surface area contributed by atoms with E-state index in [1.165, 1.54) is 154 Å². The lowest BCUT2D eigenvalue weighted by atomic mass is 10.0. The monoisotopic (exact) mass is 1030 g/mol. The molecular weight excluding hydrogens is 913 g/mol. The second-order valence-corrected chi connectivity index (χ2v) is 20.9. The van der Waals surface area contributed by atoms with Gasteiger partial charge in [0.25, 0.3) is 0 Å². The Morgan fingerprint density at radius 3 is 0.851 bits per heavy atom. The van der Waals surface area contributed by atoms with Gasteiger partial charge in [0, 0.05) is 19.3 Å². The lowest BCUT2D eigenvalue weighted by Gasteiger charge is -2.18. The molecule has 0 aliphatic heterocycles. The van der Waals surface area contributed by atoms with Crippen LogP contribution in [0.2, 0.25) is 0 Å². The number of allylic oxidation sites excluding steroid dienone is 14. The van der Waals surface area contributed by atoms with Gasteiger partial charge in [-0.15, -0.1) is 0 Å². The van der Waals surface area contributed by atoms with E-state index in [1.54, 1.807) is 0 Å². The standard InChI is InChI=1S/C68H118O6/c1-4-7-10-13-16-19-22-25-28-31-34-37-40-43-46-49-52-55-58-61-67(70)73-64-65(63-72-66(69)60-57-54-51-48-45-42-39-36-33-30-27-24-21-18-15-12-9-6-3)74-68(71)62-59-56-53-50-47-44-41-38-35-32-29-26-23-20-17-14-11-8-5-2/h7,10,16-17,19-20,25-26,28-29,34-35,37-38,65H,4-6,8-9,11-15,18,21-24,27,30-33,36,39-64H2,1-3H3/b10-7-,19-16-,20-17-,28-25-,29-26-,37-34-,38-35-. The molecule has 0 fully saturated rings. The van der Waals surface area contributed by atoms with E-state index in [1.807, 2.05) is 0 Å². The van der Waals surface area contributed by atoms with E-state index in [0.29, 0.717) is 19.3 Å². The first kappa shape index (κ1) is 70.6. The van der Waals surface area contributed by atoms with Crippen molar-refractivity contribution < 1.29 is 28.6 Å². The van der Waals surface area contributed by atoms with Crippen LogP contribution in [0.3, 0.4) is 0 Å². The molecule has 1 unspecified atom stereocenters. The molecule has 0 heterocycles. The van der Waals surface area contributed by atoms with Crippen molar-refractivity contribution in [3.63, 3.8) is 0 Å². The fourth-order valence-corrected chi connectivity index (χ4v) is 8.91. The molecule has 0 aromatic heterocycles. The van der Waals surface area contributed by atoms with Gasteiger partial charge in [-0.05, 0) is 96.3 Å². The van der Waals surface area contributed by atoms with Crippen LogP contribution in [0.1, 0.15) is 310 Å². The highest BCUT2D eigenvalue weighted by Crippen LogP contribution is 2.16. The van der Waals surface area contributed by atoms with Gasteiger partial charge in [0.1, 0.15) is 13.2 Å². The molecule has 0 aromatic rings. The number of esters is 3. The van der Waals surface area contributed by atoms with Gasteiger partial charge in [-0.3, -0.25) is 14.4 Å². The summed E-state index contributed by atoms with van der Waals surface area (Å²) < 4.78 is 16.9. The van der Waals surface area contributed by atoms with Gasteiger partial charge >= 0.3 is 17.9 Å². The van der Waals surface area contributed by atoms with Gasteiger partial charge in [-0.25, -0.2) is 0 Å². The predicted molar refractivity (Wildman–Crippen MR) is 321 cm³/mol. The molecule has 0 saturated heterocycles. The molecule has 0 aliphatic carbocycles. The lowest BCUT2D eigenvalue weighted by molar-refractivity contribution is -0.167. The van der Waals surface area contributed by atoms with Gasteiger partial charge in [0.2, 0.25) is 0 Å². The van der Waals surface area contributed by atoms with Crippen LogP contribution in [0.5, 0.6) is 0 Å². The highest BCUT2D eigenvalue weighted by Gasteiger charge is 2.19. The topological polar surface area (TPSA) is 78.9 Å². The van der Waals surface area contributed by atoms with E-state index in [4.69, 9.17) is 14.2 Å². The summed E-state index contributed by atoms with van der Waals surface area (Å²) in [6.45, 7) is 6.51. The van der Waals surface area contributed by atoms with Crippen molar-refractivity contribution in [3.8, 4) is 0 Å². The van der Waals surface area contributed by atoms with Gasteiger partial charge < -0.3 is 14.2 Å². The molecule has 1 atom stereocenters. The molecule has 0 aromatic carbocycles. The zero-order chi connectivity index (χ0) is 53.6. The second kappa shape index (κ2) is 62.1. The number of carbonyl (C=O) groups excluding carboxylic acids is 3. The van der Waals surface area contributed by atoms with Gasteiger partial charge in [-0.1, -0.05) is 279 Å². The van der Waals surface area contributed by atoms with Crippen LogP contribution >= 0.6 is 0 Å². The van der Waals surface area contributed by atoms with Crippen molar-refractivity contribution >= 4 is 17.9 Å². The third-order valence-corrected chi connectivity index (χ3v) is 13.6.